The molecule has 0 saturated heterocycles. The highest BCUT2D eigenvalue weighted by molar-refractivity contribution is 9.09. The zero-order valence-electron chi connectivity index (χ0n) is 10.4. The van der Waals surface area contributed by atoms with Gasteiger partial charge in [0.2, 0.25) is 0 Å². The summed E-state index contributed by atoms with van der Waals surface area (Å²) in [4.78, 5) is 16.0. The number of rotatable bonds is 4. The molecule has 0 radical (unpaired) electrons. The molecule has 0 spiro atoms. The predicted molar refractivity (Wildman–Crippen MR) is 75.8 cm³/mol. The zero-order valence-corrected chi connectivity index (χ0v) is 12.0. The Bertz CT molecular complexity index is 383. The summed E-state index contributed by atoms with van der Waals surface area (Å²) in [6, 6.07) is 5.40. The zero-order chi connectivity index (χ0) is 12.8. The molecule has 1 N–H and O–H groups in total. The lowest BCUT2D eigenvalue weighted by Crippen LogP contribution is -2.35. The van der Waals surface area contributed by atoms with Crippen LogP contribution in [-0.2, 0) is 0 Å². The van der Waals surface area contributed by atoms with Crippen LogP contribution in [0.4, 0.5) is 0 Å². The molecule has 3 nitrogen and oxygen atoms in total. The minimum Gasteiger partial charge on any atom is -0.350 e. The van der Waals surface area contributed by atoms with Crippen LogP contribution < -0.4 is 5.32 Å². The maximum atomic E-state index is 11.9. The normalized spacial score (nSPS) is 23.6. The average molecular weight is 311 g/mol. The Labute approximate surface area is 117 Å². The van der Waals surface area contributed by atoms with Crippen LogP contribution in [0.1, 0.15) is 36.2 Å². The fourth-order valence-electron chi connectivity index (χ4n) is 2.57. The SMILES string of the molecule is O=C(NCC1CCCCC1CBr)c1ccccn1. The maximum absolute atomic E-state index is 11.9. The van der Waals surface area contributed by atoms with Crippen LogP contribution in [0.5, 0.6) is 0 Å². The van der Waals surface area contributed by atoms with Crippen LogP contribution in [-0.4, -0.2) is 22.8 Å². The van der Waals surface area contributed by atoms with Gasteiger partial charge in [0.15, 0.2) is 0 Å². The van der Waals surface area contributed by atoms with Crippen molar-refractivity contribution in [3.8, 4) is 0 Å². The molecule has 1 heterocycles. The van der Waals surface area contributed by atoms with Crippen molar-refractivity contribution in [2.45, 2.75) is 25.7 Å². The largest absolute Gasteiger partial charge is 0.350 e. The molecule has 1 fully saturated rings. The molecule has 1 aliphatic carbocycles. The monoisotopic (exact) mass is 310 g/mol. The summed E-state index contributed by atoms with van der Waals surface area (Å²) in [5, 5.41) is 4.05. The molecule has 1 saturated carbocycles. The van der Waals surface area contributed by atoms with Crippen molar-refractivity contribution in [3.63, 3.8) is 0 Å². The van der Waals surface area contributed by atoms with Crippen molar-refractivity contribution < 1.29 is 4.79 Å². The molecule has 0 bridgehead atoms. The first-order valence-electron chi connectivity index (χ1n) is 6.56. The highest BCUT2D eigenvalue weighted by Crippen LogP contribution is 2.30. The van der Waals surface area contributed by atoms with Gasteiger partial charge in [-0.15, -0.1) is 0 Å². The van der Waals surface area contributed by atoms with Crippen molar-refractivity contribution >= 4 is 21.8 Å². The first-order chi connectivity index (χ1) is 8.81. The van der Waals surface area contributed by atoms with E-state index >= 15 is 0 Å². The van der Waals surface area contributed by atoms with Crippen LogP contribution in [0.25, 0.3) is 0 Å². The van der Waals surface area contributed by atoms with Gasteiger partial charge >= 0.3 is 0 Å². The first kappa shape index (κ1) is 13.5. The van der Waals surface area contributed by atoms with Crippen molar-refractivity contribution in [3.05, 3.63) is 30.1 Å². The third-order valence-corrected chi connectivity index (χ3v) is 4.52. The predicted octanol–water partition coefficient (Wildman–Crippen LogP) is 3.01. The van der Waals surface area contributed by atoms with Gasteiger partial charge in [-0.1, -0.05) is 34.8 Å². The average Bonchev–Trinajstić information content (AvgIpc) is 2.46. The van der Waals surface area contributed by atoms with Gasteiger partial charge in [0, 0.05) is 18.1 Å². The second kappa shape index (κ2) is 6.88. The fourth-order valence-corrected chi connectivity index (χ4v) is 3.42. The number of carbonyl (C=O) groups excluding carboxylic acids is 1. The summed E-state index contributed by atoms with van der Waals surface area (Å²) in [6.07, 6.45) is 6.75. The van der Waals surface area contributed by atoms with Crippen LogP contribution >= 0.6 is 15.9 Å². The van der Waals surface area contributed by atoms with Gasteiger partial charge in [-0.3, -0.25) is 9.78 Å². The Hall–Kier alpha value is -0.900. The molecule has 4 heteroatoms. The molecule has 0 aromatic carbocycles. The standard InChI is InChI=1S/C14H19BrN2O/c15-9-11-5-1-2-6-12(11)10-17-14(18)13-7-3-4-8-16-13/h3-4,7-8,11-12H,1-2,5-6,9-10H2,(H,17,18). The van der Waals surface area contributed by atoms with E-state index in [0.29, 0.717) is 17.5 Å². The molecule has 98 valence electrons. The number of pyridine rings is 1. The van der Waals surface area contributed by atoms with Gasteiger partial charge in [-0.2, -0.15) is 0 Å². The summed E-state index contributed by atoms with van der Waals surface area (Å²) in [7, 11) is 0. The summed E-state index contributed by atoms with van der Waals surface area (Å²) < 4.78 is 0. The molecule has 0 aliphatic heterocycles. The van der Waals surface area contributed by atoms with Gasteiger partial charge in [0.05, 0.1) is 0 Å². The van der Waals surface area contributed by atoms with E-state index in [1.807, 2.05) is 12.1 Å². The molecule has 1 aliphatic rings. The molecule has 2 rings (SSSR count). The van der Waals surface area contributed by atoms with Crippen LogP contribution in [0, 0.1) is 11.8 Å². The van der Waals surface area contributed by atoms with Crippen LogP contribution in [0.2, 0.25) is 0 Å². The van der Waals surface area contributed by atoms with E-state index in [2.05, 4.69) is 26.2 Å². The number of hydrogen-bond acceptors (Lipinski definition) is 2. The molecule has 2 unspecified atom stereocenters. The lowest BCUT2D eigenvalue weighted by Gasteiger charge is -2.30. The molecular formula is C14H19BrN2O. The van der Waals surface area contributed by atoms with Gasteiger partial charge in [-0.05, 0) is 36.8 Å². The molecule has 2 atom stereocenters. The third kappa shape index (κ3) is 3.55. The quantitative estimate of drug-likeness (QED) is 0.869. The topological polar surface area (TPSA) is 42.0 Å². The van der Waals surface area contributed by atoms with E-state index in [9.17, 15) is 4.79 Å². The lowest BCUT2D eigenvalue weighted by molar-refractivity contribution is 0.0932. The summed E-state index contributed by atoms with van der Waals surface area (Å²) >= 11 is 3.58. The number of carbonyl (C=O) groups is 1. The van der Waals surface area contributed by atoms with Gasteiger partial charge in [0.25, 0.3) is 5.91 Å². The number of hydrogen-bond donors (Lipinski definition) is 1. The molecule has 1 aromatic rings. The Balaban J connectivity index is 1.85. The number of nitrogens with zero attached hydrogens (tertiary/aromatic N) is 1. The highest BCUT2D eigenvalue weighted by atomic mass is 79.9. The third-order valence-electron chi connectivity index (χ3n) is 3.69. The van der Waals surface area contributed by atoms with E-state index in [0.717, 1.165) is 11.9 Å². The number of nitrogens with one attached hydrogen (secondary N) is 1. The molecular weight excluding hydrogens is 292 g/mol. The Kier molecular flexibility index (Phi) is 5.17. The van der Waals surface area contributed by atoms with Gasteiger partial charge in [0.1, 0.15) is 5.69 Å². The lowest BCUT2D eigenvalue weighted by atomic mass is 9.80. The number of amides is 1. The van der Waals surface area contributed by atoms with E-state index in [4.69, 9.17) is 0 Å². The Morgan fingerprint density at radius 3 is 2.78 bits per heavy atom. The van der Waals surface area contributed by atoms with E-state index in [-0.39, 0.29) is 5.91 Å². The van der Waals surface area contributed by atoms with Crippen molar-refractivity contribution in [1.29, 1.82) is 0 Å². The van der Waals surface area contributed by atoms with E-state index < -0.39 is 0 Å². The first-order valence-corrected chi connectivity index (χ1v) is 7.68. The van der Waals surface area contributed by atoms with Crippen molar-refractivity contribution in [2.24, 2.45) is 11.8 Å². The summed E-state index contributed by atoms with van der Waals surface area (Å²) in [6.45, 7) is 0.770. The molecule has 1 amide bonds. The van der Waals surface area contributed by atoms with E-state index in [1.165, 1.54) is 25.7 Å². The Morgan fingerprint density at radius 1 is 1.33 bits per heavy atom. The van der Waals surface area contributed by atoms with Crippen LogP contribution in [0.3, 0.4) is 0 Å². The second-order valence-corrected chi connectivity index (χ2v) is 5.53. The second-order valence-electron chi connectivity index (χ2n) is 4.88. The van der Waals surface area contributed by atoms with Gasteiger partial charge in [-0.25, -0.2) is 0 Å². The molecule has 1 aromatic heterocycles. The fraction of sp³-hybridized carbons (Fsp3) is 0.571. The smallest absolute Gasteiger partial charge is 0.269 e. The van der Waals surface area contributed by atoms with Crippen molar-refractivity contribution in [2.75, 3.05) is 11.9 Å². The van der Waals surface area contributed by atoms with Crippen LogP contribution in [0.15, 0.2) is 24.4 Å². The maximum Gasteiger partial charge on any atom is 0.269 e. The van der Waals surface area contributed by atoms with Crippen molar-refractivity contribution in [1.82, 2.24) is 10.3 Å². The van der Waals surface area contributed by atoms with E-state index in [1.54, 1.807) is 12.3 Å². The summed E-state index contributed by atoms with van der Waals surface area (Å²) in [5.41, 5.74) is 0.503. The number of alkyl halides is 1. The highest BCUT2D eigenvalue weighted by Gasteiger charge is 2.24. The van der Waals surface area contributed by atoms with Gasteiger partial charge < -0.3 is 5.32 Å². The number of halogens is 1. The molecule has 18 heavy (non-hydrogen) atoms. The minimum atomic E-state index is -0.0607. The summed E-state index contributed by atoms with van der Waals surface area (Å²) in [5.74, 6) is 1.24. The number of aromatic nitrogens is 1. The minimum absolute atomic E-state index is 0.0607. The Morgan fingerprint density at radius 2 is 2.11 bits per heavy atom.